The molecule has 2 amide bonds. The Morgan fingerprint density at radius 2 is 1.90 bits per heavy atom. The molecule has 0 bridgehead atoms. The van der Waals surface area contributed by atoms with Crippen LogP contribution < -0.4 is 14.8 Å². The number of methoxy groups -OCH3 is 1. The van der Waals surface area contributed by atoms with Crippen LogP contribution in [-0.2, 0) is 27.8 Å². The lowest BCUT2D eigenvalue weighted by atomic mass is 10.0. The Labute approximate surface area is 244 Å². The first-order valence-corrected chi connectivity index (χ1v) is 16.4. The highest BCUT2D eigenvalue weighted by molar-refractivity contribution is 7.90. The standard InChI is InChI=1S/C30H46N4O6S/c1-5-6-7-8-9-10-17-31-29(36)26-21-40-30(32-26)27-12-11-18-34(27)20-24-19-25(39-4)15-13-23(24)14-16-28(35)33-41(37,38)22(2)3/h13,15,19,21-22,27H,5-12,14,16-18,20H2,1-4H3,(H,31,36)(H,33,35). The van der Waals surface area contributed by atoms with Gasteiger partial charge in [0.25, 0.3) is 5.91 Å². The molecule has 0 aliphatic carbocycles. The topological polar surface area (TPSA) is 131 Å². The van der Waals surface area contributed by atoms with Crippen LogP contribution in [0.2, 0.25) is 0 Å². The quantitative estimate of drug-likeness (QED) is 0.249. The van der Waals surface area contributed by atoms with Crippen LogP contribution in [0.1, 0.15) is 112 Å². The normalized spacial score (nSPS) is 15.8. The van der Waals surface area contributed by atoms with Crippen LogP contribution >= 0.6 is 0 Å². The SMILES string of the molecule is CCCCCCCCNC(=O)c1coc(C2CCCN2Cc2cc(OC)ccc2CCC(=O)NS(=O)(=O)C(C)C)n1. The van der Waals surface area contributed by atoms with Gasteiger partial charge in [-0.2, -0.15) is 0 Å². The van der Waals surface area contributed by atoms with Crippen molar-refractivity contribution in [3.63, 3.8) is 0 Å². The second-order valence-electron chi connectivity index (χ2n) is 11.0. The third kappa shape index (κ3) is 9.85. The van der Waals surface area contributed by atoms with E-state index in [-0.39, 0.29) is 18.4 Å². The molecule has 11 heteroatoms. The smallest absolute Gasteiger partial charge is 0.273 e. The number of rotatable bonds is 17. The summed E-state index contributed by atoms with van der Waals surface area (Å²) in [4.78, 5) is 31.8. The minimum atomic E-state index is -3.67. The van der Waals surface area contributed by atoms with E-state index in [9.17, 15) is 18.0 Å². The number of unbranched alkanes of at least 4 members (excludes halogenated alkanes) is 5. The number of likely N-dealkylation sites (tertiary alicyclic amines) is 1. The zero-order chi connectivity index (χ0) is 29.8. The molecule has 2 aromatic rings. The average Bonchev–Trinajstić information content (AvgIpc) is 3.61. The number of amides is 2. The van der Waals surface area contributed by atoms with E-state index >= 15 is 0 Å². The van der Waals surface area contributed by atoms with Crippen molar-refractivity contribution in [1.29, 1.82) is 0 Å². The van der Waals surface area contributed by atoms with Crippen LogP contribution in [0, 0.1) is 0 Å². The lowest BCUT2D eigenvalue weighted by molar-refractivity contribution is -0.119. The van der Waals surface area contributed by atoms with Crippen molar-refractivity contribution < 1.29 is 27.2 Å². The Bertz CT molecular complexity index is 1240. The molecule has 1 aromatic heterocycles. The van der Waals surface area contributed by atoms with Gasteiger partial charge in [-0.05, 0) is 69.3 Å². The number of ether oxygens (including phenoxy) is 1. The van der Waals surface area contributed by atoms with Gasteiger partial charge in [0.2, 0.25) is 21.8 Å². The summed E-state index contributed by atoms with van der Waals surface area (Å²) >= 11 is 0. The van der Waals surface area contributed by atoms with E-state index in [1.54, 1.807) is 7.11 Å². The van der Waals surface area contributed by atoms with E-state index in [2.05, 4.69) is 26.8 Å². The number of benzene rings is 1. The minimum absolute atomic E-state index is 0.0473. The second-order valence-corrected chi connectivity index (χ2v) is 13.2. The summed E-state index contributed by atoms with van der Waals surface area (Å²) in [5.74, 6) is 0.481. The van der Waals surface area contributed by atoms with E-state index in [1.165, 1.54) is 45.8 Å². The maximum absolute atomic E-state index is 12.6. The molecule has 2 heterocycles. The van der Waals surface area contributed by atoms with Gasteiger partial charge in [-0.1, -0.05) is 45.1 Å². The summed E-state index contributed by atoms with van der Waals surface area (Å²) < 4.78 is 37.5. The maximum Gasteiger partial charge on any atom is 0.273 e. The van der Waals surface area contributed by atoms with Crippen molar-refractivity contribution >= 4 is 21.8 Å². The van der Waals surface area contributed by atoms with E-state index in [0.717, 1.165) is 43.4 Å². The van der Waals surface area contributed by atoms with Gasteiger partial charge in [-0.25, -0.2) is 13.4 Å². The van der Waals surface area contributed by atoms with Crippen LogP contribution in [0.25, 0.3) is 0 Å². The summed E-state index contributed by atoms with van der Waals surface area (Å²) in [5.41, 5.74) is 2.22. The molecular formula is C30H46N4O6S. The van der Waals surface area contributed by atoms with E-state index in [1.807, 2.05) is 18.2 Å². The number of carbonyl (C=O) groups excluding carboxylic acids is 2. The van der Waals surface area contributed by atoms with Crippen molar-refractivity contribution in [1.82, 2.24) is 19.9 Å². The molecule has 41 heavy (non-hydrogen) atoms. The van der Waals surface area contributed by atoms with Crippen LogP contribution in [-0.4, -0.2) is 55.6 Å². The predicted octanol–water partition coefficient (Wildman–Crippen LogP) is 4.90. The summed E-state index contributed by atoms with van der Waals surface area (Å²) in [5, 5.41) is 2.27. The minimum Gasteiger partial charge on any atom is -0.497 e. The van der Waals surface area contributed by atoms with Gasteiger partial charge in [0.05, 0.1) is 18.4 Å². The molecular weight excluding hydrogens is 544 g/mol. The van der Waals surface area contributed by atoms with Crippen LogP contribution in [0.3, 0.4) is 0 Å². The Morgan fingerprint density at radius 3 is 2.63 bits per heavy atom. The number of aryl methyl sites for hydroxylation is 1. The van der Waals surface area contributed by atoms with Crippen molar-refractivity contribution in [2.24, 2.45) is 0 Å². The Hall–Kier alpha value is -2.92. The van der Waals surface area contributed by atoms with Gasteiger partial charge in [-0.3, -0.25) is 19.2 Å². The molecule has 1 fully saturated rings. The molecule has 1 aromatic carbocycles. The number of sulfonamides is 1. The highest BCUT2D eigenvalue weighted by Crippen LogP contribution is 2.34. The van der Waals surface area contributed by atoms with Gasteiger partial charge in [0, 0.05) is 19.5 Å². The van der Waals surface area contributed by atoms with Crippen LogP contribution in [0.5, 0.6) is 5.75 Å². The van der Waals surface area contributed by atoms with Crippen LogP contribution in [0.4, 0.5) is 0 Å². The fourth-order valence-corrected chi connectivity index (χ4v) is 5.61. The second kappa shape index (κ2) is 15.9. The van der Waals surface area contributed by atoms with Gasteiger partial charge >= 0.3 is 0 Å². The molecule has 0 spiro atoms. The Morgan fingerprint density at radius 1 is 1.15 bits per heavy atom. The first-order valence-electron chi connectivity index (χ1n) is 14.8. The number of hydrogen-bond acceptors (Lipinski definition) is 8. The molecule has 1 aliphatic rings. The van der Waals surface area contributed by atoms with Crippen LogP contribution in [0.15, 0.2) is 28.9 Å². The molecule has 0 radical (unpaired) electrons. The van der Waals surface area contributed by atoms with Crippen molar-refractivity contribution in [2.75, 3.05) is 20.2 Å². The molecule has 1 aliphatic heterocycles. The molecule has 10 nitrogen and oxygen atoms in total. The van der Waals surface area contributed by atoms with Crippen molar-refractivity contribution in [2.45, 2.75) is 103 Å². The van der Waals surface area contributed by atoms with E-state index < -0.39 is 21.2 Å². The molecule has 3 rings (SSSR count). The van der Waals surface area contributed by atoms with Gasteiger partial charge in [0.15, 0.2) is 5.69 Å². The Kier molecular flexibility index (Phi) is 12.6. The summed E-state index contributed by atoms with van der Waals surface area (Å²) in [7, 11) is -2.06. The van der Waals surface area contributed by atoms with Gasteiger partial charge < -0.3 is 14.5 Å². The largest absolute Gasteiger partial charge is 0.497 e. The third-order valence-electron chi connectivity index (χ3n) is 7.50. The first kappa shape index (κ1) is 32.6. The maximum atomic E-state index is 12.6. The van der Waals surface area contributed by atoms with Crippen molar-refractivity contribution in [3.05, 3.63) is 47.2 Å². The number of carbonyl (C=O) groups is 2. The fraction of sp³-hybridized carbons (Fsp3) is 0.633. The molecule has 1 saturated heterocycles. The zero-order valence-electron chi connectivity index (χ0n) is 24.9. The highest BCUT2D eigenvalue weighted by atomic mass is 32.2. The molecule has 2 N–H and O–H groups in total. The molecule has 1 atom stereocenters. The first-order chi connectivity index (χ1) is 19.6. The average molecular weight is 591 g/mol. The third-order valence-corrected chi connectivity index (χ3v) is 9.26. The summed E-state index contributed by atoms with van der Waals surface area (Å²) in [6.45, 7) is 7.29. The predicted molar refractivity (Wildman–Crippen MR) is 158 cm³/mol. The monoisotopic (exact) mass is 590 g/mol. The zero-order valence-corrected chi connectivity index (χ0v) is 25.7. The van der Waals surface area contributed by atoms with E-state index in [4.69, 9.17) is 9.15 Å². The lowest BCUT2D eigenvalue weighted by Gasteiger charge is -2.24. The van der Waals surface area contributed by atoms with Gasteiger partial charge in [-0.15, -0.1) is 0 Å². The molecule has 0 saturated carbocycles. The number of nitrogens with zero attached hydrogens (tertiary/aromatic N) is 2. The van der Waals surface area contributed by atoms with E-state index in [0.29, 0.717) is 36.8 Å². The number of oxazole rings is 1. The van der Waals surface area contributed by atoms with Crippen molar-refractivity contribution in [3.8, 4) is 5.75 Å². The fourth-order valence-electron chi connectivity index (χ4n) is 4.95. The molecule has 228 valence electrons. The number of nitrogens with one attached hydrogen (secondary N) is 2. The highest BCUT2D eigenvalue weighted by Gasteiger charge is 2.31. The number of hydrogen-bond donors (Lipinski definition) is 2. The lowest BCUT2D eigenvalue weighted by Crippen LogP contribution is -2.35. The van der Waals surface area contributed by atoms with Gasteiger partial charge in [0.1, 0.15) is 12.0 Å². The summed E-state index contributed by atoms with van der Waals surface area (Å²) in [6.07, 6.45) is 10.7. The molecule has 1 unspecified atom stereocenters. The number of aromatic nitrogens is 1. The summed E-state index contributed by atoms with van der Waals surface area (Å²) in [6, 6.07) is 5.63. The Balaban J connectivity index is 1.61.